The smallest absolute Gasteiger partial charge is 0.318 e. The maximum atomic E-state index is 12.6. The van der Waals surface area contributed by atoms with Gasteiger partial charge in [0.1, 0.15) is 11.6 Å². The first-order valence-corrected chi connectivity index (χ1v) is 10.6. The molecule has 0 aliphatic rings. The molecule has 0 bridgehead atoms. The predicted molar refractivity (Wildman–Crippen MR) is 132 cm³/mol. The molecular weight excluding hydrogens is 515 g/mol. The summed E-state index contributed by atoms with van der Waals surface area (Å²) in [5.74, 6) is -1.13. The van der Waals surface area contributed by atoms with E-state index < -0.39 is 27.1 Å². The van der Waals surface area contributed by atoms with Gasteiger partial charge in [-0.1, -0.05) is 35.3 Å². The van der Waals surface area contributed by atoms with Gasteiger partial charge < -0.3 is 14.8 Å². The van der Waals surface area contributed by atoms with E-state index >= 15 is 0 Å². The quantitative estimate of drug-likeness (QED) is 0.157. The molecule has 0 unspecified atom stereocenters. The molecule has 13 heteroatoms. The highest BCUT2D eigenvalue weighted by Crippen LogP contribution is 2.43. The van der Waals surface area contributed by atoms with Crippen LogP contribution in [-0.4, -0.2) is 22.9 Å². The lowest BCUT2D eigenvalue weighted by Gasteiger charge is -2.13. The summed E-state index contributed by atoms with van der Waals surface area (Å²) >= 11 is 12.4. The molecule has 0 aliphatic heterocycles. The van der Waals surface area contributed by atoms with Gasteiger partial charge in [-0.25, -0.2) is 0 Å². The van der Waals surface area contributed by atoms with Crippen molar-refractivity contribution in [1.29, 1.82) is 5.26 Å². The van der Waals surface area contributed by atoms with Gasteiger partial charge >= 0.3 is 5.69 Å². The van der Waals surface area contributed by atoms with Crippen LogP contribution in [0.3, 0.4) is 0 Å². The van der Waals surface area contributed by atoms with Crippen molar-refractivity contribution in [2.45, 2.75) is 0 Å². The summed E-state index contributed by atoms with van der Waals surface area (Å²) in [6.07, 6.45) is 1.25. The number of benzene rings is 3. The average molecular weight is 529 g/mol. The second kappa shape index (κ2) is 11.2. The predicted octanol–water partition coefficient (Wildman–Crippen LogP) is 6.16. The number of hydrogen-bond acceptors (Lipinski definition) is 8. The first kappa shape index (κ1) is 26.0. The molecule has 3 aromatic carbocycles. The van der Waals surface area contributed by atoms with Gasteiger partial charge in [0.2, 0.25) is 5.75 Å². The van der Waals surface area contributed by atoms with E-state index in [1.807, 2.05) is 0 Å². The zero-order chi connectivity index (χ0) is 26.4. The Balaban J connectivity index is 1.96. The molecule has 3 aromatic rings. The molecular formula is C23H14Cl2N4O7. The Morgan fingerprint density at radius 1 is 1.03 bits per heavy atom. The van der Waals surface area contributed by atoms with E-state index in [-0.39, 0.29) is 38.4 Å². The number of carbonyl (C=O) groups excluding carboxylic acids is 1. The Kier molecular flexibility index (Phi) is 8.06. The van der Waals surface area contributed by atoms with E-state index in [1.165, 1.54) is 25.3 Å². The number of carbonyl (C=O) groups is 1. The molecule has 1 amide bonds. The van der Waals surface area contributed by atoms with Crippen molar-refractivity contribution in [3.63, 3.8) is 0 Å². The zero-order valence-corrected chi connectivity index (χ0v) is 19.7. The van der Waals surface area contributed by atoms with Gasteiger partial charge in [-0.3, -0.25) is 25.0 Å². The summed E-state index contributed by atoms with van der Waals surface area (Å²) in [7, 11) is 1.28. The van der Waals surface area contributed by atoms with Crippen LogP contribution in [0.5, 0.6) is 17.2 Å². The van der Waals surface area contributed by atoms with Gasteiger partial charge in [0.05, 0.1) is 38.8 Å². The Hall–Kier alpha value is -4.66. The summed E-state index contributed by atoms with van der Waals surface area (Å²) in [6.45, 7) is 0. The largest absolute Gasteiger partial charge is 0.493 e. The molecule has 0 atom stereocenters. The number of nitrogens with one attached hydrogen (secondary N) is 1. The fourth-order valence-corrected chi connectivity index (χ4v) is 3.39. The number of methoxy groups -OCH3 is 1. The molecule has 1 N–H and O–H groups in total. The first-order valence-electron chi connectivity index (χ1n) is 9.80. The summed E-state index contributed by atoms with van der Waals surface area (Å²) in [4.78, 5) is 33.3. The van der Waals surface area contributed by atoms with Crippen molar-refractivity contribution in [1.82, 2.24) is 0 Å². The third kappa shape index (κ3) is 5.87. The Bertz CT molecular complexity index is 1450. The number of non-ortho nitro benzene ring substituents is 1. The van der Waals surface area contributed by atoms with Gasteiger partial charge in [-0.15, -0.1) is 0 Å². The van der Waals surface area contributed by atoms with E-state index in [0.29, 0.717) is 5.69 Å². The van der Waals surface area contributed by atoms with Gasteiger partial charge in [-0.2, -0.15) is 5.26 Å². The average Bonchev–Trinajstić information content (AvgIpc) is 2.85. The topological polar surface area (TPSA) is 158 Å². The van der Waals surface area contributed by atoms with E-state index in [4.69, 9.17) is 32.7 Å². The van der Waals surface area contributed by atoms with Crippen LogP contribution in [-0.2, 0) is 4.79 Å². The zero-order valence-electron chi connectivity index (χ0n) is 18.2. The van der Waals surface area contributed by atoms with Crippen LogP contribution in [0.15, 0.2) is 60.2 Å². The van der Waals surface area contributed by atoms with Gasteiger partial charge in [0, 0.05) is 6.07 Å². The van der Waals surface area contributed by atoms with Gasteiger partial charge in [0.15, 0.2) is 11.5 Å². The number of nitrogens with zero attached hydrogens (tertiary/aromatic N) is 3. The van der Waals surface area contributed by atoms with Crippen molar-refractivity contribution in [2.24, 2.45) is 0 Å². The minimum Gasteiger partial charge on any atom is -0.493 e. The minimum absolute atomic E-state index is 0.0187. The highest BCUT2D eigenvalue weighted by molar-refractivity contribution is 6.34. The molecule has 36 heavy (non-hydrogen) atoms. The van der Waals surface area contributed by atoms with Crippen LogP contribution in [0.2, 0.25) is 10.0 Å². The normalized spacial score (nSPS) is 10.8. The van der Waals surface area contributed by atoms with E-state index in [0.717, 1.165) is 18.2 Å². The van der Waals surface area contributed by atoms with Crippen LogP contribution in [0, 0.1) is 31.6 Å². The summed E-state index contributed by atoms with van der Waals surface area (Å²) < 4.78 is 10.9. The number of ether oxygens (including phenoxy) is 2. The molecule has 0 fully saturated rings. The molecule has 0 saturated heterocycles. The van der Waals surface area contributed by atoms with Crippen molar-refractivity contribution in [2.75, 3.05) is 12.4 Å². The SMILES string of the molecule is COc1cc(/C=C(\C#N)C(=O)Nc2ccccc2Cl)cc(Cl)c1Oc1ccc([N+](=O)[O-])cc1[N+](=O)[O-]. The van der Waals surface area contributed by atoms with Crippen molar-refractivity contribution >= 4 is 52.2 Å². The fourth-order valence-electron chi connectivity index (χ4n) is 2.95. The Morgan fingerprint density at radius 2 is 1.75 bits per heavy atom. The monoisotopic (exact) mass is 528 g/mol. The first-order chi connectivity index (χ1) is 17.1. The maximum absolute atomic E-state index is 12.6. The highest BCUT2D eigenvalue weighted by Gasteiger charge is 2.24. The van der Waals surface area contributed by atoms with Crippen LogP contribution in [0.1, 0.15) is 5.56 Å². The molecule has 0 radical (unpaired) electrons. The number of nitriles is 1. The second-order valence-electron chi connectivity index (χ2n) is 6.91. The van der Waals surface area contributed by atoms with Crippen LogP contribution in [0.4, 0.5) is 17.1 Å². The lowest BCUT2D eigenvalue weighted by atomic mass is 10.1. The lowest BCUT2D eigenvalue weighted by molar-refractivity contribution is -0.394. The van der Waals surface area contributed by atoms with E-state index in [1.54, 1.807) is 30.3 Å². The number of nitro groups is 2. The van der Waals surface area contributed by atoms with Gasteiger partial charge in [0.25, 0.3) is 11.6 Å². The molecule has 182 valence electrons. The lowest BCUT2D eigenvalue weighted by Crippen LogP contribution is -2.13. The molecule has 0 aromatic heterocycles. The van der Waals surface area contributed by atoms with E-state index in [2.05, 4.69) is 5.32 Å². The van der Waals surface area contributed by atoms with Crippen molar-refractivity contribution in [3.05, 3.63) is 96.0 Å². The van der Waals surface area contributed by atoms with Crippen molar-refractivity contribution < 1.29 is 24.1 Å². The van der Waals surface area contributed by atoms with Gasteiger partial charge in [-0.05, 0) is 42.0 Å². The summed E-state index contributed by atoms with van der Waals surface area (Å²) in [5.41, 5.74) is -0.823. The second-order valence-corrected chi connectivity index (χ2v) is 7.72. The summed E-state index contributed by atoms with van der Waals surface area (Å²) in [5, 5.41) is 34.6. The number of nitro benzene ring substituents is 2. The fraction of sp³-hybridized carbons (Fsp3) is 0.0435. The number of halogens is 2. The maximum Gasteiger partial charge on any atom is 0.318 e. The minimum atomic E-state index is -0.837. The number of para-hydroxylation sites is 1. The molecule has 0 spiro atoms. The number of rotatable bonds is 8. The third-order valence-corrected chi connectivity index (χ3v) is 5.22. The molecule has 11 nitrogen and oxygen atoms in total. The molecule has 0 aliphatic carbocycles. The van der Waals surface area contributed by atoms with E-state index in [9.17, 15) is 30.3 Å². The standard InChI is InChI=1S/C23H14Cl2N4O7/c1-35-21-10-13(8-14(12-26)23(30)27-18-5-3-2-4-16(18)24)9-17(25)22(21)36-20-7-6-15(28(31)32)11-19(20)29(33)34/h2-11H,1H3,(H,27,30)/b14-8+. The highest BCUT2D eigenvalue weighted by atomic mass is 35.5. The Labute approximate surface area is 213 Å². The third-order valence-electron chi connectivity index (χ3n) is 4.61. The molecule has 0 heterocycles. The van der Waals surface area contributed by atoms with Crippen LogP contribution in [0.25, 0.3) is 6.08 Å². The van der Waals surface area contributed by atoms with Crippen LogP contribution < -0.4 is 14.8 Å². The molecule has 0 saturated carbocycles. The Morgan fingerprint density at radius 3 is 2.36 bits per heavy atom. The molecule has 3 rings (SSSR count). The number of hydrogen-bond donors (Lipinski definition) is 1. The summed E-state index contributed by atoms with van der Waals surface area (Å²) in [6, 6.07) is 13.9. The van der Waals surface area contributed by atoms with Crippen LogP contribution >= 0.6 is 23.2 Å². The number of amides is 1. The van der Waals surface area contributed by atoms with Crippen molar-refractivity contribution in [3.8, 4) is 23.3 Å². The number of anilines is 1.